The molecule has 142 valence electrons. The van der Waals surface area contributed by atoms with Crippen LogP contribution in [0.1, 0.15) is 31.2 Å². The Bertz CT molecular complexity index is 948. The van der Waals surface area contributed by atoms with Crippen LogP contribution in [-0.4, -0.2) is 28.0 Å². The summed E-state index contributed by atoms with van der Waals surface area (Å²) in [6.45, 7) is 0.684. The van der Waals surface area contributed by atoms with Crippen molar-refractivity contribution in [3.8, 4) is 5.75 Å². The molecule has 6 nitrogen and oxygen atoms in total. The van der Waals surface area contributed by atoms with E-state index in [2.05, 4.69) is 4.72 Å². The summed E-state index contributed by atoms with van der Waals surface area (Å²) in [6.07, 6.45) is 2.91. The van der Waals surface area contributed by atoms with E-state index in [1.807, 2.05) is 24.3 Å². The number of benzene rings is 2. The topological polar surface area (TPSA) is 75.7 Å². The van der Waals surface area contributed by atoms with Gasteiger partial charge in [-0.15, -0.1) is 0 Å². The summed E-state index contributed by atoms with van der Waals surface area (Å²) in [5.41, 5.74) is 1.13. The molecule has 0 radical (unpaired) electrons. The van der Waals surface area contributed by atoms with Crippen LogP contribution in [0.5, 0.6) is 5.75 Å². The molecule has 2 aliphatic rings. The van der Waals surface area contributed by atoms with Crippen LogP contribution in [0, 0.1) is 0 Å². The van der Waals surface area contributed by atoms with E-state index in [1.165, 1.54) is 0 Å². The molecule has 0 bridgehead atoms. The van der Waals surface area contributed by atoms with E-state index in [0.717, 1.165) is 36.3 Å². The Kier molecular flexibility index (Phi) is 4.44. The molecule has 0 spiro atoms. The second-order valence-electron chi connectivity index (χ2n) is 7.06. The Morgan fingerprint density at radius 1 is 1.04 bits per heavy atom. The smallest absolute Gasteiger partial charge is 0.241 e. The highest BCUT2D eigenvalue weighted by Crippen LogP contribution is 2.47. The van der Waals surface area contributed by atoms with E-state index >= 15 is 0 Å². The van der Waals surface area contributed by atoms with E-state index in [0.29, 0.717) is 13.0 Å². The Hall–Kier alpha value is -2.38. The van der Waals surface area contributed by atoms with Crippen molar-refractivity contribution in [1.29, 1.82) is 0 Å². The number of sulfonamides is 1. The van der Waals surface area contributed by atoms with E-state index < -0.39 is 15.6 Å². The largest absolute Gasteiger partial charge is 0.497 e. The second-order valence-corrected chi connectivity index (χ2v) is 8.74. The minimum Gasteiger partial charge on any atom is -0.497 e. The Morgan fingerprint density at radius 2 is 1.70 bits per heavy atom. The molecule has 1 aliphatic carbocycles. The zero-order chi connectivity index (χ0) is 19.1. The minimum atomic E-state index is -3.66. The maximum atomic E-state index is 12.9. The third-order valence-corrected chi connectivity index (χ3v) is 6.81. The lowest BCUT2D eigenvalue weighted by atomic mass is 10.1. The van der Waals surface area contributed by atoms with Crippen molar-refractivity contribution in [2.24, 2.45) is 0 Å². The van der Waals surface area contributed by atoms with Gasteiger partial charge in [0.15, 0.2) is 0 Å². The fourth-order valence-electron chi connectivity index (χ4n) is 3.53. The number of nitrogens with zero attached hydrogens (tertiary/aromatic N) is 1. The molecule has 2 aromatic rings. The lowest BCUT2D eigenvalue weighted by Crippen LogP contribution is -2.34. The number of amides is 1. The molecule has 7 heteroatoms. The molecule has 1 saturated heterocycles. The number of ether oxygens (including phenoxy) is 1. The lowest BCUT2D eigenvalue weighted by Gasteiger charge is -2.19. The average molecular weight is 386 g/mol. The highest BCUT2D eigenvalue weighted by Gasteiger charge is 2.47. The minimum absolute atomic E-state index is 0.0835. The monoisotopic (exact) mass is 386 g/mol. The van der Waals surface area contributed by atoms with Crippen LogP contribution in [0.25, 0.3) is 0 Å². The Labute approximate surface area is 159 Å². The van der Waals surface area contributed by atoms with Gasteiger partial charge in [0.2, 0.25) is 15.9 Å². The van der Waals surface area contributed by atoms with Gasteiger partial charge in [0.05, 0.1) is 17.5 Å². The van der Waals surface area contributed by atoms with Crippen molar-refractivity contribution in [3.05, 3.63) is 54.1 Å². The molecule has 2 fully saturated rings. The number of hydrogen-bond donors (Lipinski definition) is 1. The van der Waals surface area contributed by atoms with Crippen molar-refractivity contribution in [2.45, 2.75) is 36.1 Å². The van der Waals surface area contributed by atoms with Crippen LogP contribution < -0.4 is 14.4 Å². The van der Waals surface area contributed by atoms with E-state index in [4.69, 9.17) is 4.74 Å². The first-order valence-corrected chi connectivity index (χ1v) is 10.5. The molecule has 27 heavy (non-hydrogen) atoms. The van der Waals surface area contributed by atoms with Crippen LogP contribution in [0.4, 0.5) is 5.69 Å². The standard InChI is InChI=1S/C20H22N2O4S/c1-26-17-8-4-15(5-9-17)20(12-13-20)21-27(24,25)18-10-6-16(7-11-18)22-14-2-3-19(22)23/h4-11,21H,2-3,12-14H2,1H3. The predicted octanol–water partition coefficient (Wildman–Crippen LogP) is 2.79. The first-order valence-electron chi connectivity index (χ1n) is 9.02. The molecule has 1 heterocycles. The molecule has 1 aliphatic heterocycles. The van der Waals surface area contributed by atoms with Gasteiger partial charge in [0.25, 0.3) is 0 Å². The molecule has 0 aromatic heterocycles. The fourth-order valence-corrected chi connectivity index (χ4v) is 4.98. The highest BCUT2D eigenvalue weighted by molar-refractivity contribution is 7.89. The van der Waals surface area contributed by atoms with Crippen molar-refractivity contribution in [3.63, 3.8) is 0 Å². The van der Waals surface area contributed by atoms with Crippen molar-refractivity contribution in [2.75, 3.05) is 18.6 Å². The Balaban J connectivity index is 1.53. The Morgan fingerprint density at radius 3 is 2.22 bits per heavy atom. The SMILES string of the molecule is COc1ccc(C2(NS(=O)(=O)c3ccc(N4CCCC4=O)cc3)CC2)cc1. The lowest BCUT2D eigenvalue weighted by molar-refractivity contribution is -0.117. The number of methoxy groups -OCH3 is 1. The van der Waals surface area contributed by atoms with Crippen LogP contribution >= 0.6 is 0 Å². The van der Waals surface area contributed by atoms with Crippen LogP contribution in [0.2, 0.25) is 0 Å². The molecule has 0 unspecified atom stereocenters. The summed E-state index contributed by atoms with van der Waals surface area (Å²) in [6, 6.07) is 14.0. The molecular weight excluding hydrogens is 364 g/mol. The summed E-state index contributed by atoms with van der Waals surface area (Å²) < 4.78 is 33.8. The van der Waals surface area contributed by atoms with Crippen LogP contribution in [0.3, 0.4) is 0 Å². The van der Waals surface area contributed by atoms with Gasteiger partial charge in [0.1, 0.15) is 5.75 Å². The molecule has 2 aromatic carbocycles. The van der Waals surface area contributed by atoms with Gasteiger partial charge in [-0.05, 0) is 61.2 Å². The fraction of sp³-hybridized carbons (Fsp3) is 0.350. The maximum Gasteiger partial charge on any atom is 0.241 e. The van der Waals surface area contributed by atoms with Crippen LogP contribution in [-0.2, 0) is 20.4 Å². The predicted molar refractivity (Wildman–Crippen MR) is 102 cm³/mol. The zero-order valence-electron chi connectivity index (χ0n) is 15.1. The first-order chi connectivity index (χ1) is 12.9. The maximum absolute atomic E-state index is 12.9. The van der Waals surface area contributed by atoms with Crippen molar-refractivity contribution < 1.29 is 17.9 Å². The summed E-state index contributed by atoms with van der Waals surface area (Å²) >= 11 is 0. The normalized spacial score (nSPS) is 18.6. The number of rotatable bonds is 6. The quantitative estimate of drug-likeness (QED) is 0.828. The molecule has 1 N–H and O–H groups in total. The van der Waals surface area contributed by atoms with Gasteiger partial charge in [0, 0.05) is 18.7 Å². The summed E-state index contributed by atoms with van der Waals surface area (Å²) in [4.78, 5) is 13.7. The molecule has 1 saturated carbocycles. The van der Waals surface area contributed by atoms with E-state index in [1.54, 1.807) is 36.3 Å². The highest BCUT2D eigenvalue weighted by atomic mass is 32.2. The summed E-state index contributed by atoms with van der Waals surface area (Å²) in [5.74, 6) is 0.824. The number of anilines is 1. The third-order valence-electron chi connectivity index (χ3n) is 5.25. The van der Waals surface area contributed by atoms with E-state index in [9.17, 15) is 13.2 Å². The van der Waals surface area contributed by atoms with Gasteiger partial charge < -0.3 is 9.64 Å². The summed E-state index contributed by atoms with van der Waals surface area (Å²) in [5, 5.41) is 0. The van der Waals surface area contributed by atoms with Crippen LogP contribution in [0.15, 0.2) is 53.4 Å². The molecule has 0 atom stereocenters. The van der Waals surface area contributed by atoms with Gasteiger partial charge in [-0.2, -0.15) is 0 Å². The van der Waals surface area contributed by atoms with Crippen molar-refractivity contribution >= 4 is 21.6 Å². The number of carbonyl (C=O) groups is 1. The number of carbonyl (C=O) groups excluding carboxylic acids is 1. The number of hydrogen-bond acceptors (Lipinski definition) is 4. The molecule has 1 amide bonds. The van der Waals surface area contributed by atoms with Gasteiger partial charge in [-0.3, -0.25) is 4.79 Å². The zero-order valence-corrected chi connectivity index (χ0v) is 16.0. The van der Waals surface area contributed by atoms with Crippen molar-refractivity contribution in [1.82, 2.24) is 4.72 Å². The third kappa shape index (κ3) is 3.44. The van der Waals surface area contributed by atoms with Gasteiger partial charge >= 0.3 is 0 Å². The summed E-state index contributed by atoms with van der Waals surface area (Å²) in [7, 11) is -2.06. The number of nitrogens with one attached hydrogen (secondary N) is 1. The van der Waals surface area contributed by atoms with Gasteiger partial charge in [-0.1, -0.05) is 12.1 Å². The average Bonchev–Trinajstić information content (AvgIpc) is 3.32. The molecule has 4 rings (SSSR count). The van der Waals surface area contributed by atoms with E-state index in [-0.39, 0.29) is 10.8 Å². The second kappa shape index (κ2) is 6.65. The molecular formula is C20H22N2O4S. The first kappa shape index (κ1) is 18.0. The van der Waals surface area contributed by atoms with Gasteiger partial charge in [-0.25, -0.2) is 13.1 Å².